The number of hydrogen-bond donors (Lipinski definition) is 1. The van der Waals surface area contributed by atoms with Gasteiger partial charge in [-0.3, -0.25) is 19.6 Å². The van der Waals surface area contributed by atoms with E-state index in [1.54, 1.807) is 17.0 Å². The normalized spacial score (nSPS) is 15.4. The molecule has 6 nitrogen and oxygen atoms in total. The van der Waals surface area contributed by atoms with Crippen molar-refractivity contribution in [2.75, 3.05) is 24.5 Å². The first-order chi connectivity index (χ1) is 12.6. The minimum absolute atomic E-state index is 0.102. The molecule has 132 valence electrons. The molecular formula is C19H17FN4O2. The molecule has 0 bridgehead atoms. The van der Waals surface area contributed by atoms with Crippen LogP contribution in [0.5, 0.6) is 0 Å². The number of urea groups is 1. The number of rotatable bonds is 4. The number of amides is 3. The van der Waals surface area contributed by atoms with E-state index in [1.165, 1.54) is 17.0 Å². The zero-order chi connectivity index (χ0) is 18.1. The molecule has 0 atom stereocenters. The number of benzene rings is 2. The molecule has 3 amide bonds. The van der Waals surface area contributed by atoms with Crippen molar-refractivity contribution in [3.63, 3.8) is 0 Å². The fraction of sp³-hybridized carbons (Fsp3) is 0.211. The van der Waals surface area contributed by atoms with Crippen LogP contribution in [0.1, 0.15) is 11.1 Å². The number of carbonyl (C=O) groups excluding carboxylic acids is 2. The second-order valence-corrected chi connectivity index (χ2v) is 6.15. The van der Waals surface area contributed by atoms with Crippen molar-refractivity contribution in [2.24, 2.45) is 4.99 Å². The Hall–Kier alpha value is -3.22. The molecule has 0 saturated carbocycles. The standard InChI is InChI=1S/C19H17FN4O2/c20-14-5-3-4-13(10-14)11-22-17(25)12-24-16-7-2-1-6-15(16)18-21-8-9-23(18)19(24)26/h1-7,10H,8-9,11-12H2,(H,22,25). The van der Waals surface area contributed by atoms with Crippen LogP contribution < -0.4 is 10.2 Å². The van der Waals surface area contributed by atoms with E-state index in [0.29, 0.717) is 30.2 Å². The molecule has 0 aromatic heterocycles. The van der Waals surface area contributed by atoms with Crippen LogP contribution in [0.2, 0.25) is 0 Å². The summed E-state index contributed by atoms with van der Waals surface area (Å²) in [5.41, 5.74) is 2.19. The third-order valence-electron chi connectivity index (χ3n) is 4.42. The van der Waals surface area contributed by atoms with E-state index in [-0.39, 0.29) is 30.8 Å². The molecule has 7 heteroatoms. The van der Waals surface area contributed by atoms with Gasteiger partial charge >= 0.3 is 6.03 Å². The molecule has 0 unspecified atom stereocenters. The number of aliphatic imine (C=N–C) groups is 1. The van der Waals surface area contributed by atoms with Gasteiger partial charge in [0.2, 0.25) is 5.91 Å². The molecule has 1 N–H and O–H groups in total. The van der Waals surface area contributed by atoms with Crippen LogP contribution in [-0.4, -0.2) is 42.3 Å². The molecule has 0 radical (unpaired) electrons. The number of nitrogens with one attached hydrogen (secondary N) is 1. The molecule has 0 aliphatic carbocycles. The molecule has 2 aromatic carbocycles. The highest BCUT2D eigenvalue weighted by molar-refractivity contribution is 6.20. The minimum atomic E-state index is -0.349. The summed E-state index contributed by atoms with van der Waals surface area (Å²) in [4.78, 5) is 32.6. The SMILES string of the molecule is O=C(CN1C(=O)N2CCN=C2c2ccccc21)NCc1cccc(F)c1. The lowest BCUT2D eigenvalue weighted by molar-refractivity contribution is -0.119. The summed E-state index contributed by atoms with van der Waals surface area (Å²) >= 11 is 0. The number of fused-ring (bicyclic) bond motifs is 3. The van der Waals surface area contributed by atoms with Gasteiger partial charge in [-0.05, 0) is 29.8 Å². The first-order valence-corrected chi connectivity index (χ1v) is 8.37. The van der Waals surface area contributed by atoms with Crippen molar-refractivity contribution < 1.29 is 14.0 Å². The third kappa shape index (κ3) is 2.92. The number of anilines is 1. The van der Waals surface area contributed by atoms with Crippen LogP contribution in [0.25, 0.3) is 0 Å². The van der Waals surface area contributed by atoms with Gasteiger partial charge in [0.15, 0.2) is 0 Å². The summed E-state index contributed by atoms with van der Waals surface area (Å²) in [6, 6.07) is 13.2. The fourth-order valence-electron chi connectivity index (χ4n) is 3.21. The number of hydrogen-bond acceptors (Lipinski definition) is 3. The van der Waals surface area contributed by atoms with E-state index in [0.717, 1.165) is 5.56 Å². The lowest BCUT2D eigenvalue weighted by Crippen LogP contribution is -2.52. The lowest BCUT2D eigenvalue weighted by Gasteiger charge is -2.34. The second-order valence-electron chi connectivity index (χ2n) is 6.15. The Labute approximate surface area is 149 Å². The fourth-order valence-corrected chi connectivity index (χ4v) is 3.21. The highest BCUT2D eigenvalue weighted by Gasteiger charge is 2.37. The van der Waals surface area contributed by atoms with Crippen LogP contribution in [-0.2, 0) is 11.3 Å². The van der Waals surface area contributed by atoms with E-state index in [1.807, 2.05) is 24.3 Å². The zero-order valence-electron chi connectivity index (χ0n) is 14.0. The monoisotopic (exact) mass is 352 g/mol. The van der Waals surface area contributed by atoms with Crippen LogP contribution in [0.15, 0.2) is 53.5 Å². The molecule has 0 spiro atoms. The Kier molecular flexibility index (Phi) is 4.12. The summed E-state index contributed by atoms with van der Waals surface area (Å²) in [5.74, 6) is 0.0109. The highest BCUT2D eigenvalue weighted by Crippen LogP contribution is 2.30. The van der Waals surface area contributed by atoms with Crippen LogP contribution in [0, 0.1) is 5.82 Å². The van der Waals surface area contributed by atoms with Crippen LogP contribution in [0.4, 0.5) is 14.9 Å². The Morgan fingerprint density at radius 2 is 2.04 bits per heavy atom. The molecule has 0 fully saturated rings. The number of nitrogens with zero attached hydrogens (tertiary/aromatic N) is 3. The maximum Gasteiger partial charge on any atom is 0.330 e. The van der Waals surface area contributed by atoms with Gasteiger partial charge < -0.3 is 5.32 Å². The van der Waals surface area contributed by atoms with Gasteiger partial charge in [-0.2, -0.15) is 0 Å². The lowest BCUT2D eigenvalue weighted by atomic mass is 10.1. The molecule has 2 aliphatic rings. The zero-order valence-corrected chi connectivity index (χ0v) is 14.0. The van der Waals surface area contributed by atoms with Gasteiger partial charge in [0, 0.05) is 18.7 Å². The minimum Gasteiger partial charge on any atom is -0.350 e. The van der Waals surface area contributed by atoms with E-state index in [4.69, 9.17) is 0 Å². The number of amidine groups is 1. The smallest absolute Gasteiger partial charge is 0.330 e. The quantitative estimate of drug-likeness (QED) is 0.916. The van der Waals surface area contributed by atoms with Gasteiger partial charge in [-0.25, -0.2) is 9.18 Å². The Balaban J connectivity index is 1.50. The third-order valence-corrected chi connectivity index (χ3v) is 4.42. The predicted molar refractivity (Wildman–Crippen MR) is 95.5 cm³/mol. The Bertz CT molecular complexity index is 912. The van der Waals surface area contributed by atoms with E-state index in [2.05, 4.69) is 10.3 Å². The van der Waals surface area contributed by atoms with Crippen molar-refractivity contribution in [3.05, 3.63) is 65.5 Å². The van der Waals surface area contributed by atoms with Crippen molar-refractivity contribution >= 4 is 23.5 Å². The Morgan fingerprint density at radius 3 is 2.88 bits per heavy atom. The summed E-state index contributed by atoms with van der Waals surface area (Å²) in [7, 11) is 0. The van der Waals surface area contributed by atoms with Crippen molar-refractivity contribution in [2.45, 2.75) is 6.54 Å². The topological polar surface area (TPSA) is 65.0 Å². The summed E-state index contributed by atoms with van der Waals surface area (Å²) in [5, 5.41) is 2.74. The van der Waals surface area contributed by atoms with Crippen molar-refractivity contribution in [1.29, 1.82) is 0 Å². The molecule has 2 heterocycles. The predicted octanol–water partition coefficient (Wildman–Crippen LogP) is 2.14. The number of carbonyl (C=O) groups is 2. The molecular weight excluding hydrogens is 335 g/mol. The van der Waals surface area contributed by atoms with E-state index < -0.39 is 0 Å². The van der Waals surface area contributed by atoms with Gasteiger partial charge in [0.25, 0.3) is 0 Å². The Morgan fingerprint density at radius 1 is 1.19 bits per heavy atom. The average Bonchev–Trinajstić information content (AvgIpc) is 3.14. The second kappa shape index (κ2) is 6.59. The first kappa shape index (κ1) is 16.3. The molecule has 0 saturated heterocycles. The van der Waals surface area contributed by atoms with Gasteiger partial charge in [0.1, 0.15) is 18.2 Å². The van der Waals surface area contributed by atoms with Gasteiger partial charge in [0.05, 0.1) is 12.2 Å². The molecule has 4 rings (SSSR count). The average molecular weight is 352 g/mol. The summed E-state index contributed by atoms with van der Waals surface area (Å²) in [6.45, 7) is 1.19. The molecule has 2 aromatic rings. The number of halogens is 1. The maximum absolute atomic E-state index is 13.2. The summed E-state index contributed by atoms with van der Waals surface area (Å²) < 4.78 is 13.2. The van der Waals surface area contributed by atoms with Crippen LogP contribution in [0.3, 0.4) is 0 Å². The maximum atomic E-state index is 13.2. The van der Waals surface area contributed by atoms with Gasteiger partial charge in [-0.15, -0.1) is 0 Å². The van der Waals surface area contributed by atoms with Crippen molar-refractivity contribution in [3.8, 4) is 0 Å². The largest absolute Gasteiger partial charge is 0.350 e. The van der Waals surface area contributed by atoms with E-state index in [9.17, 15) is 14.0 Å². The van der Waals surface area contributed by atoms with E-state index >= 15 is 0 Å². The highest BCUT2D eigenvalue weighted by atomic mass is 19.1. The molecule has 2 aliphatic heterocycles. The van der Waals surface area contributed by atoms with Gasteiger partial charge in [-0.1, -0.05) is 24.3 Å². The first-order valence-electron chi connectivity index (χ1n) is 8.37. The molecule has 26 heavy (non-hydrogen) atoms. The summed E-state index contributed by atoms with van der Waals surface area (Å²) in [6.07, 6.45) is 0. The van der Waals surface area contributed by atoms with Crippen LogP contribution >= 0.6 is 0 Å². The van der Waals surface area contributed by atoms with Crippen molar-refractivity contribution in [1.82, 2.24) is 10.2 Å². The number of para-hydroxylation sites is 1.